The molecule has 1 amide bonds. The van der Waals surface area contributed by atoms with Crippen molar-refractivity contribution >= 4 is 5.91 Å². The molecule has 23 heavy (non-hydrogen) atoms. The van der Waals surface area contributed by atoms with E-state index in [-0.39, 0.29) is 12.0 Å². The summed E-state index contributed by atoms with van der Waals surface area (Å²) in [6.07, 6.45) is 0.817. The molecule has 0 bridgehead atoms. The molecular formula is C18H22N2O3. The summed E-state index contributed by atoms with van der Waals surface area (Å²) in [4.78, 5) is 12.1. The SMILES string of the molecule is CC(C)CNC(=O)c1ccc(-c2cccc3c2O[C@H](CN)C3)o1. The van der Waals surface area contributed by atoms with Gasteiger partial charge in [-0.15, -0.1) is 0 Å². The van der Waals surface area contributed by atoms with E-state index in [2.05, 4.69) is 5.32 Å². The van der Waals surface area contributed by atoms with Gasteiger partial charge in [0.05, 0.1) is 5.56 Å². The molecular weight excluding hydrogens is 292 g/mol. The van der Waals surface area contributed by atoms with Crippen molar-refractivity contribution in [2.75, 3.05) is 13.1 Å². The Hall–Kier alpha value is -2.27. The van der Waals surface area contributed by atoms with Crippen LogP contribution in [0.5, 0.6) is 5.75 Å². The summed E-state index contributed by atoms with van der Waals surface area (Å²) in [6, 6.07) is 9.44. The van der Waals surface area contributed by atoms with E-state index in [4.69, 9.17) is 14.9 Å². The van der Waals surface area contributed by atoms with Gasteiger partial charge >= 0.3 is 0 Å². The molecule has 0 unspecified atom stereocenters. The zero-order chi connectivity index (χ0) is 16.4. The van der Waals surface area contributed by atoms with Crippen molar-refractivity contribution in [3.8, 4) is 17.1 Å². The quantitative estimate of drug-likeness (QED) is 0.889. The van der Waals surface area contributed by atoms with Gasteiger partial charge in [-0.2, -0.15) is 0 Å². The molecule has 0 radical (unpaired) electrons. The van der Waals surface area contributed by atoms with Crippen molar-refractivity contribution in [3.63, 3.8) is 0 Å². The van der Waals surface area contributed by atoms with Crippen LogP contribution in [-0.4, -0.2) is 25.1 Å². The minimum atomic E-state index is -0.196. The second-order valence-electron chi connectivity index (χ2n) is 6.24. The first kappa shape index (κ1) is 15.6. The number of amides is 1. The predicted octanol–water partition coefficient (Wildman–Crippen LogP) is 2.59. The standard InChI is InChI=1S/C18H22N2O3/c1-11(2)10-20-18(21)16-7-6-15(23-16)14-5-3-4-12-8-13(9-19)22-17(12)14/h3-7,11,13H,8-10,19H2,1-2H3,(H,20,21)/t13-/m0/s1. The van der Waals surface area contributed by atoms with E-state index in [1.807, 2.05) is 32.0 Å². The third kappa shape index (κ3) is 3.24. The summed E-state index contributed by atoms with van der Waals surface area (Å²) in [5.41, 5.74) is 7.69. The zero-order valence-electron chi connectivity index (χ0n) is 13.5. The Morgan fingerprint density at radius 1 is 1.35 bits per heavy atom. The Morgan fingerprint density at radius 2 is 2.17 bits per heavy atom. The van der Waals surface area contributed by atoms with Gasteiger partial charge in [0.2, 0.25) is 0 Å². The van der Waals surface area contributed by atoms with E-state index < -0.39 is 0 Å². The number of ether oxygens (including phenoxy) is 1. The molecule has 0 spiro atoms. The lowest BCUT2D eigenvalue weighted by Crippen LogP contribution is -2.26. The highest BCUT2D eigenvalue weighted by Gasteiger charge is 2.26. The summed E-state index contributed by atoms with van der Waals surface area (Å²) < 4.78 is 11.6. The molecule has 2 aromatic rings. The molecule has 0 saturated carbocycles. The first-order chi connectivity index (χ1) is 11.1. The molecule has 0 aliphatic carbocycles. The van der Waals surface area contributed by atoms with E-state index in [1.165, 1.54) is 0 Å². The Balaban J connectivity index is 1.82. The second-order valence-corrected chi connectivity index (χ2v) is 6.24. The maximum Gasteiger partial charge on any atom is 0.287 e. The van der Waals surface area contributed by atoms with E-state index >= 15 is 0 Å². The van der Waals surface area contributed by atoms with Crippen LogP contribution in [0.25, 0.3) is 11.3 Å². The molecule has 1 aliphatic rings. The first-order valence-electron chi connectivity index (χ1n) is 7.95. The average Bonchev–Trinajstić information content (AvgIpc) is 3.18. The van der Waals surface area contributed by atoms with Crippen molar-refractivity contribution in [2.24, 2.45) is 11.7 Å². The highest BCUT2D eigenvalue weighted by atomic mass is 16.5. The smallest absolute Gasteiger partial charge is 0.287 e. The number of nitrogens with one attached hydrogen (secondary N) is 1. The van der Waals surface area contributed by atoms with Crippen molar-refractivity contribution < 1.29 is 13.9 Å². The predicted molar refractivity (Wildman–Crippen MR) is 88.5 cm³/mol. The van der Waals surface area contributed by atoms with Crippen LogP contribution < -0.4 is 15.8 Å². The van der Waals surface area contributed by atoms with Crippen LogP contribution in [0, 0.1) is 5.92 Å². The van der Waals surface area contributed by atoms with Gasteiger partial charge in [0, 0.05) is 19.5 Å². The topological polar surface area (TPSA) is 77.5 Å². The molecule has 0 fully saturated rings. The van der Waals surface area contributed by atoms with Crippen molar-refractivity contribution in [3.05, 3.63) is 41.7 Å². The lowest BCUT2D eigenvalue weighted by atomic mass is 10.1. The molecule has 5 heteroatoms. The number of nitrogens with two attached hydrogens (primary N) is 1. The third-order valence-corrected chi connectivity index (χ3v) is 3.86. The number of hydrogen-bond donors (Lipinski definition) is 2. The fraction of sp³-hybridized carbons (Fsp3) is 0.389. The molecule has 1 aliphatic heterocycles. The molecule has 0 saturated heterocycles. The highest BCUT2D eigenvalue weighted by Crippen LogP contribution is 2.39. The Labute approximate surface area is 135 Å². The first-order valence-corrected chi connectivity index (χ1v) is 7.95. The number of rotatable bonds is 5. The van der Waals surface area contributed by atoms with Crippen LogP contribution in [0.3, 0.4) is 0 Å². The van der Waals surface area contributed by atoms with Gasteiger partial charge in [0.15, 0.2) is 5.76 Å². The maximum atomic E-state index is 12.1. The number of carbonyl (C=O) groups excluding carboxylic acids is 1. The molecule has 1 atom stereocenters. The summed E-state index contributed by atoms with van der Waals surface area (Å²) in [5, 5.41) is 2.85. The second kappa shape index (κ2) is 6.46. The Morgan fingerprint density at radius 3 is 2.91 bits per heavy atom. The highest BCUT2D eigenvalue weighted by molar-refractivity contribution is 5.92. The molecule has 122 valence electrons. The van der Waals surface area contributed by atoms with Gasteiger partial charge in [-0.05, 0) is 29.7 Å². The minimum absolute atomic E-state index is 0.00919. The molecule has 1 aromatic heterocycles. The lowest BCUT2D eigenvalue weighted by molar-refractivity contribution is 0.0922. The number of furan rings is 1. The molecule has 5 nitrogen and oxygen atoms in total. The normalized spacial score (nSPS) is 16.3. The van der Waals surface area contributed by atoms with Crippen LogP contribution in [0.15, 0.2) is 34.7 Å². The number of fused-ring (bicyclic) bond motifs is 1. The van der Waals surface area contributed by atoms with Gasteiger partial charge in [0.1, 0.15) is 17.6 Å². The van der Waals surface area contributed by atoms with Crippen LogP contribution in [0.2, 0.25) is 0 Å². The van der Waals surface area contributed by atoms with E-state index in [1.54, 1.807) is 12.1 Å². The van der Waals surface area contributed by atoms with E-state index in [0.29, 0.717) is 30.5 Å². The number of hydrogen-bond acceptors (Lipinski definition) is 4. The van der Waals surface area contributed by atoms with Crippen LogP contribution in [0.4, 0.5) is 0 Å². The maximum absolute atomic E-state index is 12.1. The van der Waals surface area contributed by atoms with Gasteiger partial charge in [0.25, 0.3) is 5.91 Å². The summed E-state index contributed by atoms with van der Waals surface area (Å²) in [5.74, 6) is 1.96. The molecule has 2 heterocycles. The van der Waals surface area contributed by atoms with E-state index in [0.717, 1.165) is 23.3 Å². The van der Waals surface area contributed by atoms with Crippen LogP contribution in [-0.2, 0) is 6.42 Å². The van der Waals surface area contributed by atoms with Crippen molar-refractivity contribution in [2.45, 2.75) is 26.4 Å². The average molecular weight is 314 g/mol. The van der Waals surface area contributed by atoms with Gasteiger partial charge in [-0.1, -0.05) is 26.0 Å². The minimum Gasteiger partial charge on any atom is -0.488 e. The summed E-state index contributed by atoms with van der Waals surface area (Å²) in [7, 11) is 0. The zero-order valence-corrected chi connectivity index (χ0v) is 13.5. The van der Waals surface area contributed by atoms with Gasteiger partial charge in [-0.25, -0.2) is 0 Å². The largest absolute Gasteiger partial charge is 0.488 e. The fourth-order valence-electron chi connectivity index (χ4n) is 2.65. The Bertz CT molecular complexity index is 706. The van der Waals surface area contributed by atoms with E-state index in [9.17, 15) is 4.79 Å². The number of benzene rings is 1. The Kier molecular flexibility index (Phi) is 4.39. The fourth-order valence-corrected chi connectivity index (χ4v) is 2.65. The van der Waals surface area contributed by atoms with Crippen molar-refractivity contribution in [1.29, 1.82) is 0 Å². The third-order valence-electron chi connectivity index (χ3n) is 3.86. The van der Waals surface area contributed by atoms with Gasteiger partial charge < -0.3 is 20.2 Å². The van der Waals surface area contributed by atoms with Crippen LogP contribution >= 0.6 is 0 Å². The molecule has 3 rings (SSSR count). The van der Waals surface area contributed by atoms with Crippen molar-refractivity contribution in [1.82, 2.24) is 5.32 Å². The lowest BCUT2D eigenvalue weighted by Gasteiger charge is -2.09. The van der Waals surface area contributed by atoms with Crippen LogP contribution in [0.1, 0.15) is 30.0 Å². The molecule has 1 aromatic carbocycles. The number of carbonyl (C=O) groups is 1. The summed E-state index contributed by atoms with van der Waals surface area (Å²) >= 11 is 0. The number of para-hydroxylation sites is 1. The summed E-state index contributed by atoms with van der Waals surface area (Å²) in [6.45, 7) is 5.20. The molecule has 3 N–H and O–H groups in total. The monoisotopic (exact) mass is 314 g/mol. The van der Waals surface area contributed by atoms with Gasteiger partial charge in [-0.3, -0.25) is 4.79 Å².